The van der Waals surface area contributed by atoms with Crippen LogP contribution >= 0.6 is 0 Å². The molecule has 1 fully saturated rings. The van der Waals surface area contributed by atoms with E-state index in [1.165, 1.54) is 11.0 Å². The van der Waals surface area contributed by atoms with E-state index in [0.717, 1.165) is 39.8 Å². The van der Waals surface area contributed by atoms with Crippen LogP contribution < -0.4 is 9.80 Å². The molecule has 0 saturated carbocycles. The van der Waals surface area contributed by atoms with Crippen molar-refractivity contribution in [1.82, 2.24) is 0 Å². The fourth-order valence-electron chi connectivity index (χ4n) is 4.81. The van der Waals surface area contributed by atoms with Gasteiger partial charge in [-0.05, 0) is 43.2 Å². The second-order valence-corrected chi connectivity index (χ2v) is 10.7. The molecule has 0 aliphatic carbocycles. The van der Waals surface area contributed by atoms with Crippen LogP contribution in [-0.2, 0) is 30.8 Å². The summed E-state index contributed by atoms with van der Waals surface area (Å²) in [5.41, 5.74) is 2.96. The van der Waals surface area contributed by atoms with Gasteiger partial charge in [0.05, 0.1) is 12.2 Å². The highest BCUT2D eigenvalue weighted by Gasteiger charge is 2.69. The molecule has 3 aromatic carbocycles. The third-order valence-corrected chi connectivity index (χ3v) is 8.52. The molecule has 2 aliphatic heterocycles. The van der Waals surface area contributed by atoms with Gasteiger partial charge in [-0.2, -0.15) is 0 Å². The van der Waals surface area contributed by atoms with Crippen molar-refractivity contribution in [1.29, 1.82) is 0 Å². The van der Waals surface area contributed by atoms with E-state index in [1.54, 1.807) is 18.2 Å². The molecule has 1 spiro atoms. The van der Waals surface area contributed by atoms with Crippen LogP contribution in [0.25, 0.3) is 0 Å². The summed E-state index contributed by atoms with van der Waals surface area (Å²) in [6, 6.07) is 14.8. The highest BCUT2D eigenvalue weighted by atomic mass is 32.2. The number of carbonyl (C=O) groups is 2. The Hall–Kier alpha value is -3.59. The summed E-state index contributed by atoms with van der Waals surface area (Å²) in [4.78, 5) is 26.8. The summed E-state index contributed by atoms with van der Waals surface area (Å²) in [5, 5.41) is 0. The van der Waals surface area contributed by atoms with Crippen molar-refractivity contribution in [2.75, 3.05) is 15.6 Å². The number of halogens is 2. The van der Waals surface area contributed by atoms with Crippen LogP contribution in [0.4, 0.5) is 20.2 Å². The minimum absolute atomic E-state index is 0.0838. The zero-order chi connectivity index (χ0) is 24.4. The minimum atomic E-state index is -4.39. The molecule has 0 bridgehead atoms. The number of anilines is 2. The second-order valence-electron chi connectivity index (χ2n) is 8.57. The van der Waals surface area contributed by atoms with Crippen LogP contribution in [0, 0.1) is 25.5 Å². The monoisotopic (exact) mass is 482 g/mol. The van der Waals surface area contributed by atoms with Gasteiger partial charge in [0.25, 0.3) is 10.8 Å². The van der Waals surface area contributed by atoms with Crippen molar-refractivity contribution in [2.24, 2.45) is 0 Å². The first-order chi connectivity index (χ1) is 16.1. The Morgan fingerprint density at radius 3 is 2.41 bits per heavy atom. The highest BCUT2D eigenvalue weighted by molar-refractivity contribution is 7.94. The normalized spacial score (nSPS) is 20.9. The summed E-state index contributed by atoms with van der Waals surface area (Å²) in [7, 11) is -4.39. The molecule has 0 aromatic heterocycles. The van der Waals surface area contributed by atoms with Crippen molar-refractivity contribution < 1.29 is 26.8 Å². The average molecular weight is 483 g/mol. The van der Waals surface area contributed by atoms with E-state index in [9.17, 15) is 26.8 Å². The number of para-hydroxylation sites is 1. The highest BCUT2D eigenvalue weighted by Crippen LogP contribution is 2.52. The maximum absolute atomic E-state index is 14.1. The summed E-state index contributed by atoms with van der Waals surface area (Å²) in [6.07, 6.45) is 0. The molecule has 6 nitrogen and oxygen atoms in total. The molecule has 9 heteroatoms. The van der Waals surface area contributed by atoms with Crippen LogP contribution in [0.1, 0.15) is 22.3 Å². The lowest BCUT2D eigenvalue weighted by atomic mass is 10.0. The first kappa shape index (κ1) is 22.2. The molecular weight excluding hydrogens is 462 g/mol. The van der Waals surface area contributed by atoms with Crippen molar-refractivity contribution in [3.8, 4) is 0 Å². The summed E-state index contributed by atoms with van der Waals surface area (Å²) < 4.78 is 54.8. The van der Waals surface area contributed by atoms with Crippen LogP contribution in [0.5, 0.6) is 0 Å². The number of hydrogen-bond acceptors (Lipinski definition) is 4. The van der Waals surface area contributed by atoms with E-state index in [-0.39, 0.29) is 17.8 Å². The van der Waals surface area contributed by atoms with Gasteiger partial charge in [0.2, 0.25) is 5.91 Å². The Kier molecular flexibility index (Phi) is 4.87. The fourth-order valence-corrected chi connectivity index (χ4v) is 6.85. The molecular formula is C25H20F2N2O4S. The number of benzene rings is 3. The molecule has 2 amide bonds. The van der Waals surface area contributed by atoms with Crippen molar-refractivity contribution in [3.05, 3.63) is 94.6 Å². The Bertz CT molecular complexity index is 1490. The van der Waals surface area contributed by atoms with Crippen LogP contribution in [0.2, 0.25) is 0 Å². The number of carbonyl (C=O) groups excluding carboxylic acids is 2. The lowest BCUT2D eigenvalue weighted by molar-refractivity contribution is -0.123. The number of fused-ring (bicyclic) bond motifs is 2. The van der Waals surface area contributed by atoms with E-state index in [2.05, 4.69) is 0 Å². The number of aryl methyl sites for hydroxylation is 2. The maximum atomic E-state index is 14.1. The first-order valence-electron chi connectivity index (χ1n) is 10.6. The van der Waals surface area contributed by atoms with Gasteiger partial charge >= 0.3 is 0 Å². The maximum Gasteiger partial charge on any atom is 0.274 e. The third kappa shape index (κ3) is 2.93. The summed E-state index contributed by atoms with van der Waals surface area (Å²) >= 11 is 0. The zero-order valence-corrected chi connectivity index (χ0v) is 19.2. The van der Waals surface area contributed by atoms with Gasteiger partial charge in [-0.25, -0.2) is 17.2 Å². The van der Waals surface area contributed by atoms with Gasteiger partial charge in [-0.15, -0.1) is 0 Å². The van der Waals surface area contributed by atoms with Crippen LogP contribution in [0.3, 0.4) is 0 Å². The van der Waals surface area contributed by atoms with Gasteiger partial charge in [-0.3, -0.25) is 14.5 Å². The lowest BCUT2D eigenvalue weighted by Crippen LogP contribution is -2.54. The summed E-state index contributed by atoms with van der Waals surface area (Å²) in [5.74, 6) is -5.05. The third-order valence-electron chi connectivity index (χ3n) is 6.42. The van der Waals surface area contributed by atoms with Crippen molar-refractivity contribution in [2.45, 2.75) is 25.3 Å². The first-order valence-corrected chi connectivity index (χ1v) is 12.2. The number of sulfone groups is 1. The largest absolute Gasteiger partial charge is 0.304 e. The molecule has 174 valence electrons. The predicted molar refractivity (Wildman–Crippen MR) is 123 cm³/mol. The molecule has 2 aliphatic rings. The number of nitrogens with zero attached hydrogens (tertiary/aromatic N) is 2. The van der Waals surface area contributed by atoms with Gasteiger partial charge < -0.3 is 4.90 Å². The summed E-state index contributed by atoms with van der Waals surface area (Å²) in [6.45, 7) is 3.88. The van der Waals surface area contributed by atoms with E-state index in [0.29, 0.717) is 5.69 Å². The lowest BCUT2D eigenvalue weighted by Gasteiger charge is -2.32. The minimum Gasteiger partial charge on any atom is -0.304 e. The van der Waals surface area contributed by atoms with Gasteiger partial charge in [0, 0.05) is 17.3 Å². The molecule has 34 heavy (non-hydrogen) atoms. The average Bonchev–Trinajstić information content (AvgIpc) is 3.15. The topological polar surface area (TPSA) is 74.8 Å². The van der Waals surface area contributed by atoms with Crippen LogP contribution in [0.15, 0.2) is 60.7 Å². The number of rotatable bonds is 3. The Morgan fingerprint density at radius 1 is 0.941 bits per heavy atom. The quantitative estimate of drug-likeness (QED) is 0.570. The van der Waals surface area contributed by atoms with Crippen molar-refractivity contribution in [3.63, 3.8) is 0 Å². The predicted octanol–water partition coefficient (Wildman–Crippen LogP) is 3.74. The number of hydrogen-bond donors (Lipinski definition) is 0. The smallest absolute Gasteiger partial charge is 0.274 e. The fraction of sp³-hybridized carbons (Fsp3) is 0.200. The molecule has 2 heterocycles. The van der Waals surface area contributed by atoms with Gasteiger partial charge in [-0.1, -0.05) is 42.0 Å². The van der Waals surface area contributed by atoms with E-state index in [1.807, 2.05) is 32.0 Å². The molecule has 0 N–H and O–H groups in total. The molecule has 1 atom stereocenters. The van der Waals surface area contributed by atoms with Crippen molar-refractivity contribution >= 4 is 33.0 Å². The Balaban J connectivity index is 1.75. The molecule has 0 unspecified atom stereocenters. The second kappa shape index (κ2) is 7.46. The van der Waals surface area contributed by atoms with E-state index >= 15 is 0 Å². The standard InChI is InChI=1S/C25H20F2N2O4S/c1-15-7-8-16(2)17(11-15)13-28-22-6-4-3-5-19(22)25(24(28)31)29(23(30)14-34(25,32)33)18-9-10-20(26)21(27)12-18/h3-12H,13-14H2,1-2H3/t25-/m0/s1. The number of amides is 2. The van der Waals surface area contributed by atoms with E-state index in [4.69, 9.17) is 0 Å². The van der Waals surface area contributed by atoms with E-state index < -0.39 is 43.9 Å². The zero-order valence-electron chi connectivity index (χ0n) is 18.4. The molecule has 0 radical (unpaired) electrons. The van der Waals surface area contributed by atoms with Gasteiger partial charge in [0.1, 0.15) is 5.75 Å². The molecule has 1 saturated heterocycles. The van der Waals surface area contributed by atoms with Crippen LogP contribution in [-0.4, -0.2) is 26.0 Å². The SMILES string of the molecule is Cc1ccc(C)c(CN2C(=O)[C@@]3(c4ccccc42)N(c2ccc(F)c(F)c2)C(=O)CS3(=O)=O)c1. The molecule has 5 rings (SSSR count). The Labute approximate surface area is 195 Å². The molecule has 3 aromatic rings. The van der Waals surface area contributed by atoms with Gasteiger partial charge in [0.15, 0.2) is 21.5 Å². The Morgan fingerprint density at radius 2 is 1.68 bits per heavy atom.